The highest BCUT2D eigenvalue weighted by Gasteiger charge is 2.39. The predicted octanol–water partition coefficient (Wildman–Crippen LogP) is 2.18. The molecule has 0 aromatic heterocycles. The largest absolute Gasteiger partial charge is 0.338 e. The third-order valence-corrected chi connectivity index (χ3v) is 4.29. The fraction of sp³-hybridized carbons (Fsp3) is 0.562. The van der Waals surface area contributed by atoms with Crippen molar-refractivity contribution in [1.82, 2.24) is 15.7 Å². The van der Waals surface area contributed by atoms with Gasteiger partial charge in [-0.25, -0.2) is 14.7 Å². The Hall–Kier alpha value is -1.66. The van der Waals surface area contributed by atoms with Crippen LogP contribution in [0.1, 0.15) is 31.7 Å². The molecule has 1 aromatic rings. The maximum atomic E-state index is 12.8. The fourth-order valence-corrected chi connectivity index (χ4v) is 3.06. The molecule has 1 heterocycles. The van der Waals surface area contributed by atoms with Crippen molar-refractivity contribution < 1.29 is 14.0 Å². The number of rotatable bonds is 5. The Balaban J connectivity index is 1.36. The lowest BCUT2D eigenvalue weighted by atomic mass is 10.2. The maximum absolute atomic E-state index is 12.8. The number of nitrogens with one attached hydrogen (secondary N) is 2. The molecule has 0 unspecified atom stereocenters. The summed E-state index contributed by atoms with van der Waals surface area (Å²) in [6.07, 6.45) is 3.54. The molecule has 2 aliphatic rings. The van der Waals surface area contributed by atoms with Crippen molar-refractivity contribution in [2.75, 3.05) is 6.54 Å². The number of amides is 2. The van der Waals surface area contributed by atoms with Gasteiger partial charge in [0.2, 0.25) is 0 Å². The number of hydrogen-bond acceptors (Lipinski definition) is 3. The molecule has 3 rings (SSSR count). The van der Waals surface area contributed by atoms with Crippen LogP contribution in [0, 0.1) is 5.82 Å². The zero-order chi connectivity index (χ0) is 15.5. The van der Waals surface area contributed by atoms with Gasteiger partial charge in [0.15, 0.2) is 0 Å². The van der Waals surface area contributed by atoms with Crippen LogP contribution in [0.15, 0.2) is 24.3 Å². The van der Waals surface area contributed by atoms with Crippen molar-refractivity contribution >= 4 is 6.03 Å². The lowest BCUT2D eigenvalue weighted by molar-refractivity contribution is 0.0481. The summed E-state index contributed by atoms with van der Waals surface area (Å²) in [4.78, 5) is 19.4. The Bertz CT molecular complexity index is 519. The van der Waals surface area contributed by atoms with E-state index in [4.69, 9.17) is 4.84 Å². The summed E-state index contributed by atoms with van der Waals surface area (Å²) in [6, 6.07) is 7.08. The van der Waals surface area contributed by atoms with Crippen LogP contribution in [0.2, 0.25) is 0 Å². The smallest absolute Gasteiger partial charge is 0.332 e. The van der Waals surface area contributed by atoms with Gasteiger partial charge in [0.1, 0.15) is 5.82 Å². The Morgan fingerprint density at radius 1 is 1.36 bits per heavy atom. The number of hydrogen-bond donors (Lipinski definition) is 2. The molecule has 0 bridgehead atoms. The Labute approximate surface area is 129 Å². The molecule has 5 nitrogen and oxygen atoms in total. The Morgan fingerprint density at radius 2 is 2.09 bits per heavy atom. The van der Waals surface area contributed by atoms with E-state index >= 15 is 0 Å². The molecule has 2 N–H and O–H groups in total. The Morgan fingerprint density at radius 3 is 2.77 bits per heavy atom. The Kier molecular flexibility index (Phi) is 4.59. The van der Waals surface area contributed by atoms with Crippen molar-refractivity contribution in [2.24, 2.45) is 0 Å². The van der Waals surface area contributed by atoms with E-state index in [2.05, 4.69) is 22.6 Å². The van der Waals surface area contributed by atoms with Crippen molar-refractivity contribution in [2.45, 2.75) is 50.9 Å². The monoisotopic (exact) mass is 307 g/mol. The van der Waals surface area contributed by atoms with E-state index in [0.717, 1.165) is 24.6 Å². The first-order valence-corrected chi connectivity index (χ1v) is 7.80. The number of benzene rings is 1. The first-order chi connectivity index (χ1) is 10.6. The number of urea groups is 1. The molecule has 120 valence electrons. The minimum absolute atomic E-state index is 0.171. The van der Waals surface area contributed by atoms with Gasteiger partial charge in [0, 0.05) is 24.7 Å². The van der Waals surface area contributed by atoms with E-state index in [1.807, 2.05) is 0 Å². The first-order valence-electron chi connectivity index (χ1n) is 7.80. The second kappa shape index (κ2) is 6.62. The zero-order valence-corrected chi connectivity index (χ0v) is 12.7. The second-order valence-electron chi connectivity index (χ2n) is 6.20. The molecule has 2 amide bonds. The van der Waals surface area contributed by atoms with Gasteiger partial charge in [-0.05, 0) is 43.9 Å². The van der Waals surface area contributed by atoms with E-state index in [-0.39, 0.29) is 24.5 Å². The third-order valence-electron chi connectivity index (χ3n) is 4.29. The van der Waals surface area contributed by atoms with Gasteiger partial charge < -0.3 is 5.32 Å². The molecule has 1 aromatic carbocycles. The highest BCUT2D eigenvalue weighted by Crippen LogP contribution is 2.33. The molecule has 2 fully saturated rings. The number of carbonyl (C=O) groups excluding carboxylic acids is 1. The van der Waals surface area contributed by atoms with E-state index in [0.29, 0.717) is 6.04 Å². The first kappa shape index (κ1) is 15.2. The maximum Gasteiger partial charge on any atom is 0.338 e. The molecule has 1 saturated carbocycles. The standard InChI is InChI=1S/C16H22FN3O2/c1-11-8-14(9-20(11)15-6-7-15)18-16(21)19-22-10-12-2-4-13(17)5-3-12/h2-5,11,14-15H,6-10H2,1H3,(H2,18,19,21)/t11-,14-/m1/s1. The summed E-state index contributed by atoms with van der Waals surface area (Å²) >= 11 is 0. The van der Waals surface area contributed by atoms with Gasteiger partial charge in [-0.1, -0.05) is 12.1 Å². The van der Waals surface area contributed by atoms with Gasteiger partial charge in [0.05, 0.1) is 6.61 Å². The van der Waals surface area contributed by atoms with Gasteiger partial charge in [-0.15, -0.1) is 0 Å². The van der Waals surface area contributed by atoms with E-state index in [9.17, 15) is 9.18 Å². The number of carbonyl (C=O) groups is 1. The molecule has 1 saturated heterocycles. The van der Waals surface area contributed by atoms with E-state index < -0.39 is 0 Å². The number of likely N-dealkylation sites (tertiary alicyclic amines) is 1. The zero-order valence-electron chi connectivity index (χ0n) is 12.7. The predicted molar refractivity (Wildman–Crippen MR) is 80.5 cm³/mol. The van der Waals surface area contributed by atoms with Crippen LogP contribution in [0.5, 0.6) is 0 Å². The third kappa shape index (κ3) is 3.96. The average molecular weight is 307 g/mol. The molecule has 22 heavy (non-hydrogen) atoms. The average Bonchev–Trinajstić information content (AvgIpc) is 3.26. The van der Waals surface area contributed by atoms with Gasteiger partial charge >= 0.3 is 6.03 Å². The van der Waals surface area contributed by atoms with Crippen LogP contribution in [-0.2, 0) is 11.4 Å². The minimum Gasteiger partial charge on any atom is -0.332 e. The lowest BCUT2D eigenvalue weighted by Gasteiger charge is -2.19. The SMILES string of the molecule is C[C@@H]1C[C@@H](NC(=O)NOCc2ccc(F)cc2)CN1C1CC1. The number of hydroxylamine groups is 1. The summed E-state index contributed by atoms with van der Waals surface area (Å²) in [6.45, 7) is 3.34. The van der Waals surface area contributed by atoms with Crippen LogP contribution in [0.25, 0.3) is 0 Å². The van der Waals surface area contributed by atoms with Gasteiger partial charge in [-0.3, -0.25) is 9.74 Å². The van der Waals surface area contributed by atoms with Crippen LogP contribution in [0.4, 0.5) is 9.18 Å². The highest BCUT2D eigenvalue weighted by atomic mass is 19.1. The molecule has 0 spiro atoms. The van der Waals surface area contributed by atoms with Crippen LogP contribution in [0.3, 0.4) is 0 Å². The lowest BCUT2D eigenvalue weighted by Crippen LogP contribution is -2.43. The summed E-state index contributed by atoms with van der Waals surface area (Å²) < 4.78 is 12.8. The molecule has 6 heteroatoms. The number of halogens is 1. The molecule has 2 atom stereocenters. The van der Waals surface area contributed by atoms with Gasteiger partial charge in [-0.2, -0.15) is 0 Å². The fourth-order valence-electron chi connectivity index (χ4n) is 3.06. The van der Waals surface area contributed by atoms with Crippen molar-refractivity contribution in [1.29, 1.82) is 0 Å². The minimum atomic E-state index is -0.322. The number of nitrogens with zero attached hydrogens (tertiary/aromatic N) is 1. The van der Waals surface area contributed by atoms with Crippen LogP contribution in [-0.4, -0.2) is 35.6 Å². The van der Waals surface area contributed by atoms with Gasteiger partial charge in [0.25, 0.3) is 0 Å². The van der Waals surface area contributed by atoms with Crippen molar-refractivity contribution in [3.8, 4) is 0 Å². The highest BCUT2D eigenvalue weighted by molar-refractivity contribution is 5.73. The summed E-state index contributed by atoms with van der Waals surface area (Å²) in [5.41, 5.74) is 3.19. The van der Waals surface area contributed by atoms with E-state index in [1.165, 1.54) is 25.0 Å². The summed E-state index contributed by atoms with van der Waals surface area (Å²) in [7, 11) is 0. The topological polar surface area (TPSA) is 53.6 Å². The molecule has 0 radical (unpaired) electrons. The van der Waals surface area contributed by atoms with Crippen LogP contribution >= 0.6 is 0 Å². The van der Waals surface area contributed by atoms with Crippen LogP contribution < -0.4 is 10.8 Å². The molecular weight excluding hydrogens is 285 g/mol. The molecule has 1 aliphatic carbocycles. The normalized spacial score (nSPS) is 25.2. The second-order valence-corrected chi connectivity index (χ2v) is 6.20. The summed E-state index contributed by atoms with van der Waals surface area (Å²) in [5, 5.41) is 2.94. The van der Waals surface area contributed by atoms with E-state index in [1.54, 1.807) is 12.1 Å². The quantitative estimate of drug-likeness (QED) is 0.820. The summed E-state index contributed by atoms with van der Waals surface area (Å²) in [5.74, 6) is -0.287. The van der Waals surface area contributed by atoms with Crippen molar-refractivity contribution in [3.05, 3.63) is 35.6 Å². The van der Waals surface area contributed by atoms with Crippen molar-refractivity contribution in [3.63, 3.8) is 0 Å². The molecular formula is C16H22FN3O2. The molecule has 1 aliphatic heterocycles.